The molecular weight excluding hydrogens is 358 g/mol. The second kappa shape index (κ2) is 8.04. The van der Waals surface area contributed by atoms with E-state index in [9.17, 15) is 4.79 Å². The summed E-state index contributed by atoms with van der Waals surface area (Å²) in [6.07, 6.45) is 0.372. The molecule has 0 aromatic heterocycles. The van der Waals surface area contributed by atoms with Gasteiger partial charge < -0.3 is 14.8 Å². The van der Waals surface area contributed by atoms with Gasteiger partial charge in [-0.2, -0.15) is 0 Å². The van der Waals surface area contributed by atoms with Gasteiger partial charge in [-0.1, -0.05) is 28.1 Å². The quantitative estimate of drug-likeness (QED) is 0.707. The van der Waals surface area contributed by atoms with Crippen LogP contribution in [0.15, 0.2) is 24.3 Å². The molecule has 0 aliphatic heterocycles. The fraction of sp³-hybridized carbons (Fsp3) is 0.611. The molecule has 1 amide bonds. The van der Waals surface area contributed by atoms with Crippen LogP contribution in [-0.2, 0) is 4.74 Å². The highest BCUT2D eigenvalue weighted by Gasteiger charge is 2.20. The molecule has 0 radical (unpaired) electrons. The highest BCUT2D eigenvalue weighted by Crippen LogP contribution is 2.24. The first-order valence-electron chi connectivity index (χ1n) is 7.84. The van der Waals surface area contributed by atoms with Crippen molar-refractivity contribution in [2.24, 2.45) is 0 Å². The Morgan fingerprint density at radius 2 is 1.65 bits per heavy atom. The molecule has 0 heterocycles. The average molecular weight is 386 g/mol. The molecule has 23 heavy (non-hydrogen) atoms. The molecule has 0 spiro atoms. The Kier molecular flexibility index (Phi) is 6.93. The Bertz CT molecular complexity index is 500. The van der Waals surface area contributed by atoms with Crippen molar-refractivity contribution < 1.29 is 14.3 Å². The lowest BCUT2D eigenvalue weighted by Gasteiger charge is -2.24. The summed E-state index contributed by atoms with van der Waals surface area (Å²) >= 11 is 3.44. The van der Waals surface area contributed by atoms with Crippen LogP contribution in [0.4, 0.5) is 4.79 Å². The molecule has 130 valence electrons. The molecule has 1 aromatic rings. The van der Waals surface area contributed by atoms with Gasteiger partial charge in [0.15, 0.2) is 0 Å². The summed E-state index contributed by atoms with van der Waals surface area (Å²) in [5, 5.41) is 3.71. The van der Waals surface area contributed by atoms with Gasteiger partial charge in [0.05, 0.1) is 6.04 Å². The van der Waals surface area contributed by atoms with Gasteiger partial charge in [0.2, 0.25) is 0 Å². The van der Waals surface area contributed by atoms with Crippen molar-refractivity contribution in [3.05, 3.63) is 29.8 Å². The third-order valence-electron chi connectivity index (χ3n) is 2.80. The van der Waals surface area contributed by atoms with Gasteiger partial charge in [-0.15, -0.1) is 0 Å². The molecule has 0 fully saturated rings. The number of benzene rings is 1. The van der Waals surface area contributed by atoms with Crippen LogP contribution >= 0.6 is 15.9 Å². The second-order valence-corrected chi connectivity index (χ2v) is 8.25. The van der Waals surface area contributed by atoms with Crippen LogP contribution in [0.2, 0.25) is 0 Å². The van der Waals surface area contributed by atoms with E-state index in [1.54, 1.807) is 0 Å². The molecule has 1 unspecified atom stereocenters. The first-order chi connectivity index (χ1) is 10.5. The standard InChI is InChI=1S/C18H28BrNO3/c1-17(2,3)22-14-9-7-13(8-10-14)15(11-12-19)20-16(21)23-18(4,5)6/h7-10,15H,11-12H2,1-6H3,(H,20,21). The maximum absolute atomic E-state index is 12.0. The molecule has 1 rings (SSSR count). The Balaban J connectivity index is 2.79. The molecule has 0 saturated carbocycles. The highest BCUT2D eigenvalue weighted by atomic mass is 79.9. The molecule has 0 saturated heterocycles. The van der Waals surface area contributed by atoms with E-state index in [-0.39, 0.29) is 11.6 Å². The first kappa shape index (κ1) is 19.8. The first-order valence-corrected chi connectivity index (χ1v) is 8.97. The topological polar surface area (TPSA) is 47.6 Å². The lowest BCUT2D eigenvalue weighted by atomic mass is 10.0. The van der Waals surface area contributed by atoms with Crippen LogP contribution in [0.25, 0.3) is 0 Å². The lowest BCUT2D eigenvalue weighted by Crippen LogP contribution is -2.35. The molecule has 0 bridgehead atoms. The number of hydrogen-bond acceptors (Lipinski definition) is 3. The fourth-order valence-electron chi connectivity index (χ4n) is 2.00. The minimum absolute atomic E-state index is 0.104. The van der Waals surface area contributed by atoms with Crippen LogP contribution in [0.5, 0.6) is 5.75 Å². The summed E-state index contributed by atoms with van der Waals surface area (Å²) in [6, 6.07) is 7.71. The molecule has 1 N–H and O–H groups in total. The molecule has 0 aliphatic carbocycles. The Labute approximate surface area is 148 Å². The summed E-state index contributed by atoms with van der Waals surface area (Å²) < 4.78 is 11.2. The van der Waals surface area contributed by atoms with Gasteiger partial charge >= 0.3 is 6.09 Å². The molecule has 4 nitrogen and oxygen atoms in total. The number of halogens is 1. The smallest absolute Gasteiger partial charge is 0.408 e. The molecular formula is C18H28BrNO3. The highest BCUT2D eigenvalue weighted by molar-refractivity contribution is 9.09. The minimum Gasteiger partial charge on any atom is -0.488 e. The van der Waals surface area contributed by atoms with Gasteiger partial charge in [0.1, 0.15) is 17.0 Å². The number of rotatable bonds is 5. The van der Waals surface area contributed by atoms with Crippen molar-refractivity contribution in [3.8, 4) is 5.75 Å². The Hall–Kier alpha value is -1.23. The van der Waals surface area contributed by atoms with E-state index in [1.807, 2.05) is 65.8 Å². The number of carbonyl (C=O) groups is 1. The molecule has 5 heteroatoms. The summed E-state index contributed by atoms with van der Waals surface area (Å²) in [6.45, 7) is 11.6. The predicted molar refractivity (Wildman–Crippen MR) is 97.3 cm³/mol. The van der Waals surface area contributed by atoms with E-state index in [4.69, 9.17) is 9.47 Å². The number of carbonyl (C=O) groups excluding carboxylic acids is 1. The Morgan fingerprint density at radius 3 is 2.09 bits per heavy atom. The SMILES string of the molecule is CC(C)(C)OC(=O)NC(CCBr)c1ccc(OC(C)(C)C)cc1. The minimum atomic E-state index is -0.507. The largest absolute Gasteiger partial charge is 0.488 e. The normalized spacial score (nSPS) is 13.3. The summed E-state index contributed by atoms with van der Waals surface area (Å²) in [7, 11) is 0. The average Bonchev–Trinajstić information content (AvgIpc) is 2.35. The molecule has 1 atom stereocenters. The summed E-state index contributed by atoms with van der Waals surface area (Å²) in [4.78, 5) is 12.0. The van der Waals surface area contributed by atoms with Crippen LogP contribution in [0.1, 0.15) is 59.6 Å². The summed E-state index contributed by atoms with van der Waals surface area (Å²) in [5.74, 6) is 0.816. The van der Waals surface area contributed by atoms with E-state index in [0.717, 1.165) is 23.1 Å². The van der Waals surface area contributed by atoms with Gasteiger partial charge in [-0.25, -0.2) is 4.79 Å². The zero-order chi connectivity index (χ0) is 17.7. The zero-order valence-corrected chi connectivity index (χ0v) is 16.5. The van der Waals surface area contributed by atoms with Crippen LogP contribution < -0.4 is 10.1 Å². The zero-order valence-electron chi connectivity index (χ0n) is 14.9. The number of amides is 1. The van der Waals surface area contributed by atoms with E-state index in [0.29, 0.717) is 0 Å². The number of alkyl halides is 1. The maximum Gasteiger partial charge on any atom is 0.408 e. The Morgan fingerprint density at radius 1 is 1.09 bits per heavy atom. The van der Waals surface area contributed by atoms with Gasteiger partial charge in [0.25, 0.3) is 0 Å². The van der Waals surface area contributed by atoms with Gasteiger partial charge in [0, 0.05) is 5.33 Å². The van der Waals surface area contributed by atoms with E-state index < -0.39 is 11.7 Å². The summed E-state index contributed by atoms with van der Waals surface area (Å²) in [5.41, 5.74) is 0.287. The number of hydrogen-bond donors (Lipinski definition) is 1. The monoisotopic (exact) mass is 385 g/mol. The third-order valence-corrected chi connectivity index (χ3v) is 3.25. The van der Waals surface area contributed by atoms with Crippen molar-refractivity contribution in [3.63, 3.8) is 0 Å². The maximum atomic E-state index is 12.0. The fourth-order valence-corrected chi connectivity index (χ4v) is 2.46. The number of nitrogens with one attached hydrogen (secondary N) is 1. The number of alkyl carbamates (subject to hydrolysis) is 1. The van der Waals surface area contributed by atoms with Crippen molar-refractivity contribution in [2.75, 3.05) is 5.33 Å². The van der Waals surface area contributed by atoms with Crippen LogP contribution in [-0.4, -0.2) is 22.6 Å². The van der Waals surface area contributed by atoms with Gasteiger partial charge in [-0.05, 0) is 65.7 Å². The molecule has 1 aromatic carbocycles. The van der Waals surface area contributed by atoms with Gasteiger partial charge in [-0.3, -0.25) is 0 Å². The number of ether oxygens (including phenoxy) is 2. The second-order valence-electron chi connectivity index (χ2n) is 7.46. The lowest BCUT2D eigenvalue weighted by molar-refractivity contribution is 0.0502. The molecule has 0 aliphatic rings. The van der Waals surface area contributed by atoms with Crippen molar-refractivity contribution in [2.45, 2.75) is 65.2 Å². The van der Waals surface area contributed by atoms with Crippen molar-refractivity contribution >= 4 is 22.0 Å². The van der Waals surface area contributed by atoms with Crippen molar-refractivity contribution in [1.82, 2.24) is 5.32 Å². The van der Waals surface area contributed by atoms with E-state index in [1.165, 1.54) is 0 Å². The van der Waals surface area contributed by atoms with Crippen LogP contribution in [0.3, 0.4) is 0 Å². The predicted octanol–water partition coefficient (Wildman–Crippen LogP) is 5.21. The van der Waals surface area contributed by atoms with E-state index in [2.05, 4.69) is 21.2 Å². The van der Waals surface area contributed by atoms with Crippen LogP contribution in [0, 0.1) is 0 Å². The van der Waals surface area contributed by atoms with E-state index >= 15 is 0 Å². The third kappa shape index (κ3) is 8.26. The van der Waals surface area contributed by atoms with Crippen molar-refractivity contribution in [1.29, 1.82) is 0 Å².